The molecule has 0 bridgehead atoms. The second-order valence-electron chi connectivity index (χ2n) is 5.79. The zero-order valence-corrected chi connectivity index (χ0v) is 15.7. The summed E-state index contributed by atoms with van der Waals surface area (Å²) in [6.07, 6.45) is -5.11. The number of hydrogen-bond acceptors (Lipinski definition) is 10. The van der Waals surface area contributed by atoms with Crippen LogP contribution in [0.4, 0.5) is 0 Å². The van der Waals surface area contributed by atoms with Gasteiger partial charge in [0.05, 0.1) is 6.61 Å². The number of hydrogen-bond donors (Lipinski definition) is 5. The number of rotatable bonds is 7. The molecule has 2 rings (SSSR count). The highest BCUT2D eigenvalue weighted by Gasteiger charge is 2.44. The average Bonchev–Trinajstić information content (AvgIpc) is 2.64. The summed E-state index contributed by atoms with van der Waals surface area (Å²) in [6.45, 7) is -0.597. The molecule has 0 spiro atoms. The fourth-order valence-electron chi connectivity index (χ4n) is 2.41. The molecule has 10 nitrogen and oxygen atoms in total. The molecule has 5 atom stereocenters. The van der Waals surface area contributed by atoms with Crippen molar-refractivity contribution in [2.45, 2.75) is 42.7 Å². The predicted molar refractivity (Wildman–Crippen MR) is 96.2 cm³/mol. The maximum Gasteiger partial charge on any atom is 0.466 e. The molecule has 152 valence electrons. The first kappa shape index (κ1) is 22.0. The van der Waals surface area contributed by atoms with Crippen molar-refractivity contribution in [3.8, 4) is 0 Å². The maximum absolute atomic E-state index is 10.8. The van der Waals surface area contributed by atoms with Gasteiger partial charge in [0.1, 0.15) is 34.9 Å². The van der Waals surface area contributed by atoms with E-state index in [-0.39, 0.29) is 11.5 Å². The highest BCUT2D eigenvalue weighted by atomic mass is 32.3. The fourth-order valence-corrected chi connectivity index (χ4v) is 3.71. The molecule has 1 aliphatic rings. The molecule has 0 unspecified atom stereocenters. The molecule has 1 aromatic rings. The first-order valence-corrected chi connectivity index (χ1v) is 10.2. The Morgan fingerprint density at radius 1 is 1.15 bits per heavy atom. The van der Waals surface area contributed by atoms with Gasteiger partial charge in [-0.25, -0.2) is 4.28 Å². The number of benzene rings is 1. The first-order chi connectivity index (χ1) is 12.7. The van der Waals surface area contributed by atoms with Crippen LogP contribution in [-0.4, -0.2) is 74.9 Å². The predicted octanol–water partition coefficient (Wildman–Crippen LogP) is -0.715. The van der Waals surface area contributed by atoms with E-state index in [0.29, 0.717) is 6.42 Å². The van der Waals surface area contributed by atoms with Crippen LogP contribution in [-0.2, 0) is 25.8 Å². The SMILES string of the molecule is O=S(=O)(O)O/N=C(/CCc1ccccc1)S[C@@H]1O[C@H](CO)[C@@H](O)[C@@H](O)[C@H]1O. The summed E-state index contributed by atoms with van der Waals surface area (Å²) in [5, 5.41) is 42.4. The van der Waals surface area contributed by atoms with Crippen LogP contribution in [0.25, 0.3) is 0 Å². The lowest BCUT2D eigenvalue weighted by Gasteiger charge is -2.39. The number of aliphatic hydroxyl groups excluding tert-OH is 4. The third kappa shape index (κ3) is 6.69. The van der Waals surface area contributed by atoms with Crippen LogP contribution in [0.5, 0.6) is 0 Å². The molecule has 27 heavy (non-hydrogen) atoms. The standard InChI is InChI=1S/C15H21NO9S2/c17-8-10-12(18)13(19)14(20)15(24-10)26-11(16-25-27(21,22)23)7-6-9-4-2-1-3-5-9/h1-5,10,12-15,17-20H,6-8H2,(H,21,22,23)/b16-11-/t10-,12-,13-,14-,15+/m1/s1. The van der Waals surface area contributed by atoms with Gasteiger partial charge in [-0.2, -0.15) is 8.42 Å². The van der Waals surface area contributed by atoms with Crippen molar-refractivity contribution in [2.75, 3.05) is 6.61 Å². The Kier molecular flexibility index (Phi) is 8.00. The van der Waals surface area contributed by atoms with E-state index < -0.39 is 46.9 Å². The molecule has 0 amide bonds. The monoisotopic (exact) mass is 423 g/mol. The van der Waals surface area contributed by atoms with Gasteiger partial charge in [-0.15, -0.1) is 0 Å². The van der Waals surface area contributed by atoms with E-state index in [0.717, 1.165) is 17.3 Å². The summed E-state index contributed by atoms with van der Waals surface area (Å²) in [6, 6.07) is 9.18. The molecule has 0 saturated carbocycles. The second-order valence-corrected chi connectivity index (χ2v) is 7.96. The lowest BCUT2D eigenvalue weighted by Crippen LogP contribution is -2.57. The van der Waals surface area contributed by atoms with Crippen LogP contribution in [0, 0.1) is 0 Å². The van der Waals surface area contributed by atoms with Gasteiger partial charge in [0.15, 0.2) is 0 Å². The van der Waals surface area contributed by atoms with Gasteiger partial charge in [0.2, 0.25) is 0 Å². The molecule has 1 aromatic carbocycles. The topological polar surface area (TPSA) is 166 Å². The van der Waals surface area contributed by atoms with Gasteiger partial charge >= 0.3 is 10.4 Å². The summed E-state index contributed by atoms with van der Waals surface area (Å²) >= 11 is 0.754. The van der Waals surface area contributed by atoms with Crippen molar-refractivity contribution < 1.29 is 42.4 Å². The number of aliphatic hydroxyl groups is 4. The Bertz CT molecular complexity index is 726. The first-order valence-electron chi connectivity index (χ1n) is 7.95. The molecule has 1 saturated heterocycles. The smallest absolute Gasteiger partial charge is 0.394 e. The number of nitrogens with zero attached hydrogens (tertiary/aromatic N) is 1. The Morgan fingerprint density at radius 3 is 2.41 bits per heavy atom. The largest absolute Gasteiger partial charge is 0.466 e. The number of aryl methyl sites for hydroxylation is 1. The molecular weight excluding hydrogens is 402 g/mol. The maximum atomic E-state index is 10.8. The number of ether oxygens (including phenoxy) is 1. The van der Waals surface area contributed by atoms with E-state index in [2.05, 4.69) is 9.44 Å². The highest BCUT2D eigenvalue weighted by Crippen LogP contribution is 2.30. The quantitative estimate of drug-likeness (QED) is 0.163. The summed E-state index contributed by atoms with van der Waals surface area (Å²) < 4.78 is 39.7. The van der Waals surface area contributed by atoms with Crippen LogP contribution < -0.4 is 0 Å². The molecule has 5 N–H and O–H groups in total. The molecule has 12 heteroatoms. The van der Waals surface area contributed by atoms with Crippen molar-refractivity contribution >= 4 is 27.2 Å². The van der Waals surface area contributed by atoms with E-state index in [1.54, 1.807) is 0 Å². The van der Waals surface area contributed by atoms with Gasteiger partial charge in [-0.1, -0.05) is 47.2 Å². The minimum atomic E-state index is -4.82. The van der Waals surface area contributed by atoms with Crippen LogP contribution >= 0.6 is 11.8 Å². The molecule has 0 aromatic heterocycles. The Balaban J connectivity index is 2.12. The zero-order valence-electron chi connectivity index (χ0n) is 14.0. The molecule has 0 radical (unpaired) electrons. The minimum Gasteiger partial charge on any atom is -0.394 e. The highest BCUT2D eigenvalue weighted by molar-refractivity contribution is 8.14. The lowest BCUT2D eigenvalue weighted by molar-refractivity contribution is -0.205. The zero-order chi connectivity index (χ0) is 20.0. The Labute approximate surface area is 160 Å². The van der Waals surface area contributed by atoms with E-state index in [9.17, 15) is 28.8 Å². The van der Waals surface area contributed by atoms with Gasteiger partial charge in [-0.05, 0) is 12.0 Å². The second kappa shape index (κ2) is 9.80. The summed E-state index contributed by atoms with van der Waals surface area (Å²) in [5.74, 6) is 0. The Morgan fingerprint density at radius 2 is 1.81 bits per heavy atom. The summed E-state index contributed by atoms with van der Waals surface area (Å²) in [4.78, 5) is 0. The molecule has 1 aliphatic heterocycles. The van der Waals surface area contributed by atoms with Crippen molar-refractivity contribution in [2.24, 2.45) is 5.16 Å². The van der Waals surface area contributed by atoms with E-state index in [4.69, 9.17) is 9.29 Å². The molecule has 1 fully saturated rings. The summed E-state index contributed by atoms with van der Waals surface area (Å²) in [7, 11) is -4.82. The van der Waals surface area contributed by atoms with Gasteiger partial charge < -0.3 is 25.2 Å². The van der Waals surface area contributed by atoms with Crippen molar-refractivity contribution in [1.82, 2.24) is 0 Å². The van der Waals surface area contributed by atoms with E-state index in [1.807, 2.05) is 30.3 Å². The van der Waals surface area contributed by atoms with Crippen LogP contribution in [0.15, 0.2) is 35.5 Å². The third-order valence-corrected chi connectivity index (χ3v) is 5.24. The van der Waals surface area contributed by atoms with Crippen LogP contribution in [0.3, 0.4) is 0 Å². The van der Waals surface area contributed by atoms with Gasteiger partial charge in [0.25, 0.3) is 0 Å². The van der Waals surface area contributed by atoms with Crippen LogP contribution in [0.1, 0.15) is 12.0 Å². The Hall–Kier alpha value is -1.25. The fraction of sp³-hybridized carbons (Fsp3) is 0.533. The number of oxime groups is 1. The number of thioether (sulfide) groups is 1. The average molecular weight is 423 g/mol. The van der Waals surface area contributed by atoms with E-state index >= 15 is 0 Å². The normalized spacial score (nSPS) is 29.5. The van der Waals surface area contributed by atoms with Gasteiger partial charge in [-0.3, -0.25) is 4.55 Å². The van der Waals surface area contributed by atoms with Gasteiger partial charge in [0, 0.05) is 6.42 Å². The molecule has 1 heterocycles. The van der Waals surface area contributed by atoms with Crippen LogP contribution in [0.2, 0.25) is 0 Å². The summed E-state index contributed by atoms with van der Waals surface area (Å²) in [5.41, 5.74) is -0.230. The van der Waals surface area contributed by atoms with Crippen molar-refractivity contribution in [1.29, 1.82) is 0 Å². The molecule has 0 aliphatic carbocycles. The lowest BCUT2D eigenvalue weighted by atomic mass is 10.0. The molecular formula is C15H21NO9S2. The van der Waals surface area contributed by atoms with Crippen molar-refractivity contribution in [3.05, 3.63) is 35.9 Å². The van der Waals surface area contributed by atoms with Crippen molar-refractivity contribution in [3.63, 3.8) is 0 Å². The minimum absolute atomic E-state index is 0.0563. The van der Waals surface area contributed by atoms with E-state index in [1.165, 1.54) is 0 Å². The third-order valence-electron chi connectivity index (χ3n) is 3.80.